The lowest BCUT2D eigenvalue weighted by molar-refractivity contribution is 0.130. The second-order valence-electron chi connectivity index (χ2n) is 7.55. The topological polar surface area (TPSA) is 15.3 Å². The Kier molecular flexibility index (Phi) is 8.79. The predicted octanol–water partition coefficient (Wildman–Crippen LogP) is 4.30. The standard InChI is InChI=1S/C18H38N2/c1-6-11-20(14-17-9-7-8-10-19-17)18(12-15(2)3)13-16(4)5/h15-19H,6-14H2,1-5H3. The molecule has 1 unspecified atom stereocenters. The van der Waals surface area contributed by atoms with Crippen LogP contribution in [0.5, 0.6) is 0 Å². The molecule has 0 aromatic rings. The zero-order chi connectivity index (χ0) is 15.0. The molecule has 1 N–H and O–H groups in total. The largest absolute Gasteiger partial charge is 0.313 e. The van der Waals surface area contributed by atoms with Crippen LogP contribution < -0.4 is 5.32 Å². The molecule has 0 aliphatic carbocycles. The summed E-state index contributed by atoms with van der Waals surface area (Å²) < 4.78 is 0. The molecule has 1 aliphatic heterocycles. The summed E-state index contributed by atoms with van der Waals surface area (Å²) in [6.45, 7) is 15.6. The molecular formula is C18H38N2. The molecule has 0 spiro atoms. The Morgan fingerprint density at radius 3 is 2.15 bits per heavy atom. The minimum Gasteiger partial charge on any atom is -0.313 e. The summed E-state index contributed by atoms with van der Waals surface area (Å²) in [6.07, 6.45) is 8.13. The van der Waals surface area contributed by atoms with Crippen LogP contribution in [0.4, 0.5) is 0 Å². The second-order valence-corrected chi connectivity index (χ2v) is 7.55. The maximum atomic E-state index is 3.73. The number of nitrogens with zero attached hydrogens (tertiary/aromatic N) is 1. The summed E-state index contributed by atoms with van der Waals surface area (Å²) in [7, 11) is 0. The SMILES string of the molecule is CCCN(CC1CCCCN1)C(CC(C)C)CC(C)C. The van der Waals surface area contributed by atoms with Gasteiger partial charge in [-0.2, -0.15) is 0 Å². The van der Waals surface area contributed by atoms with E-state index < -0.39 is 0 Å². The molecule has 2 nitrogen and oxygen atoms in total. The van der Waals surface area contributed by atoms with E-state index in [4.69, 9.17) is 0 Å². The Morgan fingerprint density at radius 1 is 1.05 bits per heavy atom. The van der Waals surface area contributed by atoms with Gasteiger partial charge in [0, 0.05) is 18.6 Å². The summed E-state index contributed by atoms with van der Waals surface area (Å²) in [4.78, 5) is 2.79. The minimum atomic E-state index is 0.733. The van der Waals surface area contributed by atoms with Crippen molar-refractivity contribution < 1.29 is 0 Å². The molecular weight excluding hydrogens is 244 g/mol. The van der Waals surface area contributed by atoms with E-state index in [9.17, 15) is 0 Å². The van der Waals surface area contributed by atoms with Gasteiger partial charge in [0.15, 0.2) is 0 Å². The number of hydrogen-bond acceptors (Lipinski definition) is 2. The monoisotopic (exact) mass is 282 g/mol. The third kappa shape index (κ3) is 7.08. The highest BCUT2D eigenvalue weighted by atomic mass is 15.2. The lowest BCUT2D eigenvalue weighted by Gasteiger charge is -2.37. The van der Waals surface area contributed by atoms with E-state index in [2.05, 4.69) is 44.8 Å². The van der Waals surface area contributed by atoms with Gasteiger partial charge in [0.1, 0.15) is 0 Å². The van der Waals surface area contributed by atoms with Gasteiger partial charge >= 0.3 is 0 Å². The highest BCUT2D eigenvalue weighted by Gasteiger charge is 2.23. The van der Waals surface area contributed by atoms with E-state index >= 15 is 0 Å². The van der Waals surface area contributed by atoms with Crippen LogP contribution in [0.25, 0.3) is 0 Å². The first-order valence-corrected chi connectivity index (χ1v) is 9.00. The molecule has 1 atom stereocenters. The molecule has 2 heteroatoms. The predicted molar refractivity (Wildman–Crippen MR) is 90.2 cm³/mol. The summed E-state index contributed by atoms with van der Waals surface area (Å²) in [5.41, 5.74) is 0. The van der Waals surface area contributed by atoms with Gasteiger partial charge in [0.25, 0.3) is 0 Å². The smallest absolute Gasteiger partial charge is 0.0195 e. The van der Waals surface area contributed by atoms with Gasteiger partial charge in [-0.1, -0.05) is 41.0 Å². The van der Waals surface area contributed by atoms with Crippen molar-refractivity contribution in [3.63, 3.8) is 0 Å². The summed E-state index contributed by atoms with van der Waals surface area (Å²) in [5, 5.41) is 3.73. The Labute approximate surface area is 127 Å². The minimum absolute atomic E-state index is 0.733. The van der Waals surface area contributed by atoms with Crippen LogP contribution in [0, 0.1) is 11.8 Å². The first-order valence-electron chi connectivity index (χ1n) is 9.00. The first kappa shape index (κ1) is 18.0. The van der Waals surface area contributed by atoms with Crippen LogP contribution in [0.1, 0.15) is 73.1 Å². The van der Waals surface area contributed by atoms with Gasteiger partial charge in [0.2, 0.25) is 0 Å². The third-order valence-electron chi connectivity index (χ3n) is 4.38. The van der Waals surface area contributed by atoms with Gasteiger partial charge in [0.05, 0.1) is 0 Å². The number of nitrogens with one attached hydrogen (secondary N) is 1. The van der Waals surface area contributed by atoms with E-state index in [-0.39, 0.29) is 0 Å². The van der Waals surface area contributed by atoms with Crippen molar-refractivity contribution >= 4 is 0 Å². The van der Waals surface area contributed by atoms with Crippen molar-refractivity contribution in [1.82, 2.24) is 10.2 Å². The Bertz CT molecular complexity index is 222. The average molecular weight is 283 g/mol. The lowest BCUT2D eigenvalue weighted by Crippen LogP contribution is -2.48. The van der Waals surface area contributed by atoms with E-state index in [0.29, 0.717) is 0 Å². The summed E-state index contributed by atoms with van der Waals surface area (Å²) in [5.74, 6) is 1.61. The normalized spacial score (nSPS) is 20.6. The van der Waals surface area contributed by atoms with Crippen molar-refractivity contribution in [2.45, 2.75) is 85.2 Å². The maximum absolute atomic E-state index is 3.73. The van der Waals surface area contributed by atoms with Gasteiger partial charge in [-0.25, -0.2) is 0 Å². The fourth-order valence-corrected chi connectivity index (χ4v) is 3.56. The number of rotatable bonds is 9. The molecule has 1 saturated heterocycles. The molecule has 0 aromatic carbocycles. The number of piperidine rings is 1. The van der Waals surface area contributed by atoms with Crippen LogP contribution in [-0.4, -0.2) is 36.6 Å². The Balaban J connectivity index is 2.61. The molecule has 20 heavy (non-hydrogen) atoms. The first-order chi connectivity index (χ1) is 9.52. The maximum Gasteiger partial charge on any atom is 0.0195 e. The van der Waals surface area contributed by atoms with Crippen LogP contribution >= 0.6 is 0 Å². The Hall–Kier alpha value is -0.0800. The van der Waals surface area contributed by atoms with Crippen LogP contribution in [0.15, 0.2) is 0 Å². The van der Waals surface area contributed by atoms with Crippen molar-refractivity contribution in [2.75, 3.05) is 19.6 Å². The zero-order valence-corrected chi connectivity index (χ0v) is 14.6. The van der Waals surface area contributed by atoms with Gasteiger partial charge < -0.3 is 5.32 Å². The molecule has 1 aliphatic rings. The molecule has 1 fully saturated rings. The molecule has 0 saturated carbocycles. The molecule has 0 aromatic heterocycles. The summed E-state index contributed by atoms with van der Waals surface area (Å²) in [6, 6.07) is 1.51. The second kappa shape index (κ2) is 9.78. The summed E-state index contributed by atoms with van der Waals surface area (Å²) >= 11 is 0. The van der Waals surface area contributed by atoms with Crippen LogP contribution in [-0.2, 0) is 0 Å². The van der Waals surface area contributed by atoms with Gasteiger partial charge in [-0.3, -0.25) is 4.90 Å². The molecule has 1 rings (SSSR count). The van der Waals surface area contributed by atoms with Crippen molar-refractivity contribution in [1.29, 1.82) is 0 Å². The van der Waals surface area contributed by atoms with E-state index in [1.807, 2.05) is 0 Å². The fraction of sp³-hybridized carbons (Fsp3) is 1.00. The number of hydrogen-bond donors (Lipinski definition) is 1. The molecule has 0 amide bonds. The highest BCUT2D eigenvalue weighted by Crippen LogP contribution is 2.21. The average Bonchev–Trinajstić information content (AvgIpc) is 2.37. The van der Waals surface area contributed by atoms with Gasteiger partial charge in [-0.15, -0.1) is 0 Å². The van der Waals surface area contributed by atoms with Crippen molar-refractivity contribution in [3.05, 3.63) is 0 Å². The fourth-order valence-electron chi connectivity index (χ4n) is 3.56. The lowest BCUT2D eigenvalue weighted by atomic mass is 9.93. The van der Waals surface area contributed by atoms with Crippen molar-refractivity contribution in [2.24, 2.45) is 11.8 Å². The molecule has 0 bridgehead atoms. The van der Waals surface area contributed by atoms with Crippen molar-refractivity contribution in [3.8, 4) is 0 Å². The van der Waals surface area contributed by atoms with E-state index in [1.165, 1.54) is 58.2 Å². The molecule has 1 heterocycles. The zero-order valence-electron chi connectivity index (χ0n) is 14.6. The highest BCUT2D eigenvalue weighted by molar-refractivity contribution is 4.81. The van der Waals surface area contributed by atoms with Crippen LogP contribution in [0.2, 0.25) is 0 Å². The van der Waals surface area contributed by atoms with Gasteiger partial charge in [-0.05, 0) is 57.0 Å². The van der Waals surface area contributed by atoms with Crippen LogP contribution in [0.3, 0.4) is 0 Å². The van der Waals surface area contributed by atoms with E-state index in [0.717, 1.165) is 23.9 Å². The molecule has 0 radical (unpaired) electrons. The van der Waals surface area contributed by atoms with E-state index in [1.54, 1.807) is 0 Å². The Morgan fingerprint density at radius 2 is 1.70 bits per heavy atom. The molecule has 120 valence electrons. The quantitative estimate of drug-likeness (QED) is 0.678. The third-order valence-corrected chi connectivity index (χ3v) is 4.38.